The molecule has 0 bridgehead atoms. The zero-order chi connectivity index (χ0) is 18.9. The molecule has 0 heterocycles. The second-order valence-corrected chi connectivity index (χ2v) is 7.43. The Morgan fingerprint density at radius 3 is 2.56 bits per heavy atom. The summed E-state index contributed by atoms with van der Waals surface area (Å²) in [5.41, 5.74) is 0.210. The number of aromatic carboxylic acids is 1. The van der Waals surface area contributed by atoms with Crippen molar-refractivity contribution in [2.24, 2.45) is 0 Å². The highest BCUT2D eigenvalue weighted by molar-refractivity contribution is 7.89. The van der Waals surface area contributed by atoms with Crippen LogP contribution in [-0.2, 0) is 14.8 Å². The highest BCUT2D eigenvalue weighted by Crippen LogP contribution is 2.23. The van der Waals surface area contributed by atoms with Crippen molar-refractivity contribution in [2.75, 3.05) is 31.6 Å². The maximum Gasteiger partial charge on any atom is 0.335 e. The summed E-state index contributed by atoms with van der Waals surface area (Å²) in [6.45, 7) is 4.81. The number of carboxylic acids is 1. The summed E-state index contributed by atoms with van der Waals surface area (Å²) < 4.78 is 32.6. The van der Waals surface area contributed by atoms with Crippen molar-refractivity contribution in [1.29, 1.82) is 0 Å². The third kappa shape index (κ3) is 7.39. The van der Waals surface area contributed by atoms with E-state index in [1.165, 1.54) is 12.1 Å². The van der Waals surface area contributed by atoms with E-state index in [9.17, 15) is 13.2 Å². The van der Waals surface area contributed by atoms with Gasteiger partial charge >= 0.3 is 5.97 Å². The van der Waals surface area contributed by atoms with Gasteiger partial charge in [0.1, 0.15) is 4.90 Å². The number of hydrogen-bond donors (Lipinski definition) is 4. The lowest BCUT2D eigenvalue weighted by atomic mass is 10.2. The number of rotatable bonds is 12. The standard InChI is InChI=1S/C16H26N2O6S/c1-12(2)24-10-4-7-17-14-6-5-13(16(20)21)11-15(14)25(22,23)18-8-3-9-19/h5-6,11-12,17-19H,3-4,7-10H2,1-2H3,(H,20,21). The van der Waals surface area contributed by atoms with Gasteiger partial charge < -0.3 is 20.3 Å². The van der Waals surface area contributed by atoms with Gasteiger partial charge in [-0.15, -0.1) is 0 Å². The largest absolute Gasteiger partial charge is 0.478 e. The Hall–Kier alpha value is -1.68. The lowest BCUT2D eigenvalue weighted by Crippen LogP contribution is -2.26. The van der Waals surface area contributed by atoms with E-state index >= 15 is 0 Å². The number of carbonyl (C=O) groups is 1. The summed E-state index contributed by atoms with van der Waals surface area (Å²) in [6, 6.07) is 3.91. The molecule has 0 radical (unpaired) electrons. The summed E-state index contributed by atoms with van der Waals surface area (Å²) in [5.74, 6) is -1.20. The normalized spacial score (nSPS) is 11.7. The van der Waals surface area contributed by atoms with Crippen molar-refractivity contribution < 1.29 is 28.2 Å². The first kappa shape index (κ1) is 21.4. The van der Waals surface area contributed by atoms with Gasteiger partial charge in [0.25, 0.3) is 0 Å². The van der Waals surface area contributed by atoms with Gasteiger partial charge in [0.15, 0.2) is 0 Å². The summed E-state index contributed by atoms with van der Waals surface area (Å²) in [5, 5.41) is 20.9. The molecule has 0 saturated carbocycles. The van der Waals surface area contributed by atoms with Crippen LogP contribution in [0.15, 0.2) is 23.1 Å². The second kappa shape index (κ2) is 10.3. The van der Waals surface area contributed by atoms with Gasteiger partial charge in [0.2, 0.25) is 10.0 Å². The maximum absolute atomic E-state index is 12.4. The van der Waals surface area contributed by atoms with Gasteiger partial charge in [-0.05, 0) is 44.9 Å². The lowest BCUT2D eigenvalue weighted by Gasteiger charge is -2.14. The van der Waals surface area contributed by atoms with Crippen LogP contribution in [0.2, 0.25) is 0 Å². The topological polar surface area (TPSA) is 125 Å². The molecule has 25 heavy (non-hydrogen) atoms. The zero-order valence-electron chi connectivity index (χ0n) is 14.5. The Morgan fingerprint density at radius 1 is 1.24 bits per heavy atom. The minimum absolute atomic E-state index is 0.0673. The Bertz CT molecular complexity index is 661. The van der Waals surface area contributed by atoms with Gasteiger partial charge in [-0.3, -0.25) is 0 Å². The molecule has 9 heteroatoms. The molecule has 1 aromatic rings. The maximum atomic E-state index is 12.4. The van der Waals surface area contributed by atoms with Crippen molar-refractivity contribution in [2.45, 2.75) is 37.7 Å². The van der Waals surface area contributed by atoms with Crippen molar-refractivity contribution in [1.82, 2.24) is 4.72 Å². The fourth-order valence-corrected chi connectivity index (χ4v) is 3.28. The van der Waals surface area contributed by atoms with E-state index in [1.54, 1.807) is 0 Å². The molecule has 0 fully saturated rings. The predicted octanol–water partition coefficient (Wildman–Crippen LogP) is 1.27. The van der Waals surface area contributed by atoms with E-state index in [-0.39, 0.29) is 36.1 Å². The van der Waals surface area contributed by atoms with E-state index in [0.29, 0.717) is 25.3 Å². The number of aliphatic hydroxyl groups excluding tert-OH is 1. The highest BCUT2D eigenvalue weighted by atomic mass is 32.2. The van der Waals surface area contributed by atoms with E-state index in [4.69, 9.17) is 14.9 Å². The number of ether oxygens (including phenoxy) is 1. The SMILES string of the molecule is CC(C)OCCCNc1ccc(C(=O)O)cc1S(=O)(=O)NCCCO. The molecule has 1 rings (SSSR count). The van der Waals surface area contributed by atoms with Gasteiger partial charge in [-0.1, -0.05) is 0 Å². The molecule has 1 aromatic carbocycles. The highest BCUT2D eigenvalue weighted by Gasteiger charge is 2.20. The first-order chi connectivity index (χ1) is 11.8. The number of carboxylic acid groups (broad SMARTS) is 1. The molecule has 0 aliphatic heterocycles. The first-order valence-corrected chi connectivity index (χ1v) is 9.59. The molecular weight excluding hydrogens is 348 g/mol. The Morgan fingerprint density at radius 2 is 1.96 bits per heavy atom. The van der Waals surface area contributed by atoms with Crippen LogP contribution in [0.25, 0.3) is 0 Å². The van der Waals surface area contributed by atoms with Crippen LogP contribution in [0.3, 0.4) is 0 Å². The van der Waals surface area contributed by atoms with Crippen molar-refractivity contribution in [3.8, 4) is 0 Å². The van der Waals surface area contributed by atoms with Gasteiger partial charge in [0, 0.05) is 26.3 Å². The number of nitrogens with one attached hydrogen (secondary N) is 2. The first-order valence-electron chi connectivity index (χ1n) is 8.11. The number of aliphatic hydroxyl groups is 1. The molecule has 142 valence electrons. The third-order valence-electron chi connectivity index (χ3n) is 3.23. The van der Waals surface area contributed by atoms with Crippen LogP contribution in [-0.4, -0.2) is 57.0 Å². The van der Waals surface area contributed by atoms with E-state index in [2.05, 4.69) is 10.0 Å². The molecule has 8 nitrogen and oxygen atoms in total. The molecule has 0 unspecified atom stereocenters. The predicted molar refractivity (Wildman–Crippen MR) is 94.5 cm³/mol. The van der Waals surface area contributed by atoms with Gasteiger partial charge in [0.05, 0.1) is 17.4 Å². The van der Waals surface area contributed by atoms with E-state index in [0.717, 1.165) is 6.07 Å². The molecule has 0 spiro atoms. The quantitative estimate of drug-likeness (QED) is 0.406. The van der Waals surface area contributed by atoms with E-state index < -0.39 is 16.0 Å². The summed E-state index contributed by atoms with van der Waals surface area (Å²) in [4.78, 5) is 11.0. The van der Waals surface area contributed by atoms with Crippen LogP contribution < -0.4 is 10.0 Å². The average Bonchev–Trinajstić information content (AvgIpc) is 2.54. The van der Waals surface area contributed by atoms with Gasteiger partial charge in [-0.25, -0.2) is 17.9 Å². The Kier molecular flexibility index (Phi) is 8.84. The Balaban J connectivity index is 2.90. The third-order valence-corrected chi connectivity index (χ3v) is 4.73. The molecule has 0 saturated heterocycles. The molecule has 0 aliphatic carbocycles. The van der Waals surface area contributed by atoms with Gasteiger partial charge in [-0.2, -0.15) is 0 Å². The molecule has 0 atom stereocenters. The van der Waals surface area contributed by atoms with Crippen LogP contribution in [0.1, 0.15) is 37.0 Å². The lowest BCUT2D eigenvalue weighted by molar-refractivity contribution is 0.0696. The van der Waals surface area contributed by atoms with Crippen molar-refractivity contribution in [3.63, 3.8) is 0 Å². The number of benzene rings is 1. The number of anilines is 1. The summed E-state index contributed by atoms with van der Waals surface area (Å²) in [6.07, 6.45) is 1.07. The van der Waals surface area contributed by atoms with Crippen LogP contribution in [0, 0.1) is 0 Å². The minimum Gasteiger partial charge on any atom is -0.478 e. The van der Waals surface area contributed by atoms with Crippen LogP contribution in [0.5, 0.6) is 0 Å². The smallest absolute Gasteiger partial charge is 0.335 e. The van der Waals surface area contributed by atoms with E-state index in [1.807, 2.05) is 13.8 Å². The second-order valence-electron chi connectivity index (χ2n) is 5.69. The van der Waals surface area contributed by atoms with Crippen molar-refractivity contribution in [3.05, 3.63) is 23.8 Å². The van der Waals surface area contributed by atoms with Crippen LogP contribution in [0.4, 0.5) is 5.69 Å². The zero-order valence-corrected chi connectivity index (χ0v) is 15.3. The fourth-order valence-electron chi connectivity index (χ4n) is 2.00. The monoisotopic (exact) mass is 374 g/mol. The average molecular weight is 374 g/mol. The molecule has 4 N–H and O–H groups in total. The molecule has 0 aromatic heterocycles. The molecule has 0 amide bonds. The molecule has 0 aliphatic rings. The fraction of sp³-hybridized carbons (Fsp3) is 0.562. The van der Waals surface area contributed by atoms with Crippen LogP contribution >= 0.6 is 0 Å². The minimum atomic E-state index is -3.89. The van der Waals surface area contributed by atoms with Crippen molar-refractivity contribution >= 4 is 21.7 Å². The summed E-state index contributed by atoms with van der Waals surface area (Å²) in [7, 11) is -3.89. The molecular formula is C16H26N2O6S. The number of hydrogen-bond acceptors (Lipinski definition) is 6. The Labute approximate surface area is 148 Å². The number of sulfonamides is 1. The summed E-state index contributed by atoms with van der Waals surface area (Å²) >= 11 is 0.